The standard InChI is InChI=1S/C27H39N5O4/c1-6-12-29-27(34)30-21-10-11-23-24(14-21)36-18-20(3)32(16-22-9-7-8-13-28-22)15-19(2)25(35-5)17-31(4)26(23)33/h7-11,13-14,19-20,25H,6,12,15-18H2,1-5H3,(H2,29,30,34)/t19-,20+,25+/m0/s1. The van der Waals surface area contributed by atoms with Crippen LogP contribution in [-0.2, 0) is 11.3 Å². The normalized spacial score (nSPS) is 21.5. The molecule has 196 valence electrons. The summed E-state index contributed by atoms with van der Waals surface area (Å²) in [5.41, 5.74) is 1.99. The number of hydrogen-bond acceptors (Lipinski definition) is 6. The lowest BCUT2D eigenvalue weighted by molar-refractivity contribution is 0.00901. The van der Waals surface area contributed by atoms with Crippen LogP contribution >= 0.6 is 0 Å². The van der Waals surface area contributed by atoms with Gasteiger partial charge in [-0.3, -0.25) is 14.7 Å². The van der Waals surface area contributed by atoms with Gasteiger partial charge >= 0.3 is 6.03 Å². The molecule has 0 radical (unpaired) electrons. The minimum atomic E-state index is -0.291. The van der Waals surface area contributed by atoms with Gasteiger partial charge in [-0.2, -0.15) is 0 Å². The van der Waals surface area contributed by atoms with Crippen LogP contribution in [0, 0.1) is 5.92 Å². The molecule has 2 heterocycles. The van der Waals surface area contributed by atoms with Gasteiger partial charge in [-0.1, -0.05) is 19.9 Å². The van der Waals surface area contributed by atoms with Crippen molar-refractivity contribution >= 4 is 17.6 Å². The molecule has 0 aliphatic carbocycles. The third-order valence-corrected chi connectivity index (χ3v) is 6.46. The van der Waals surface area contributed by atoms with Crippen LogP contribution in [0.25, 0.3) is 0 Å². The number of carbonyl (C=O) groups excluding carboxylic acids is 2. The summed E-state index contributed by atoms with van der Waals surface area (Å²) in [4.78, 5) is 34.0. The lowest BCUT2D eigenvalue weighted by atomic mass is 10.0. The van der Waals surface area contributed by atoms with Crippen molar-refractivity contribution in [2.75, 3.05) is 45.7 Å². The average molecular weight is 498 g/mol. The number of nitrogens with zero attached hydrogens (tertiary/aromatic N) is 3. The molecule has 2 aromatic rings. The fraction of sp³-hybridized carbons (Fsp3) is 0.519. The van der Waals surface area contributed by atoms with E-state index in [4.69, 9.17) is 9.47 Å². The van der Waals surface area contributed by atoms with Gasteiger partial charge in [-0.25, -0.2) is 4.79 Å². The highest BCUT2D eigenvalue weighted by Gasteiger charge is 2.28. The first kappa shape index (κ1) is 27.4. The third kappa shape index (κ3) is 7.41. The Balaban J connectivity index is 1.90. The van der Waals surface area contributed by atoms with E-state index in [1.165, 1.54) is 0 Å². The van der Waals surface area contributed by atoms with Crippen LogP contribution in [0.15, 0.2) is 42.6 Å². The van der Waals surface area contributed by atoms with Crippen molar-refractivity contribution in [2.24, 2.45) is 5.92 Å². The summed E-state index contributed by atoms with van der Waals surface area (Å²) in [6.45, 7) is 9.07. The lowest BCUT2D eigenvalue weighted by Crippen LogP contribution is -2.46. The number of methoxy groups -OCH3 is 1. The zero-order valence-corrected chi connectivity index (χ0v) is 22.0. The summed E-state index contributed by atoms with van der Waals surface area (Å²) in [5.74, 6) is 0.454. The Labute approximate surface area is 214 Å². The Morgan fingerprint density at radius 3 is 2.72 bits per heavy atom. The van der Waals surface area contributed by atoms with Crippen LogP contribution in [0.3, 0.4) is 0 Å². The topological polar surface area (TPSA) is 96.0 Å². The maximum Gasteiger partial charge on any atom is 0.319 e. The summed E-state index contributed by atoms with van der Waals surface area (Å²) in [6.07, 6.45) is 2.51. The number of hydrogen-bond donors (Lipinski definition) is 2. The number of carbonyl (C=O) groups is 2. The minimum Gasteiger partial charge on any atom is -0.491 e. The highest BCUT2D eigenvalue weighted by Crippen LogP contribution is 2.27. The molecular weight excluding hydrogens is 458 g/mol. The molecule has 0 bridgehead atoms. The van der Waals surface area contributed by atoms with Crippen LogP contribution in [0.1, 0.15) is 43.2 Å². The Kier molecular flexibility index (Phi) is 10.1. The number of rotatable bonds is 6. The molecule has 3 atom stereocenters. The molecule has 2 N–H and O–H groups in total. The number of amides is 3. The summed E-state index contributed by atoms with van der Waals surface area (Å²) in [6, 6.07) is 10.8. The van der Waals surface area contributed by atoms with E-state index >= 15 is 0 Å². The molecule has 1 aromatic heterocycles. The van der Waals surface area contributed by atoms with Crippen LogP contribution in [0.2, 0.25) is 0 Å². The SMILES string of the molecule is CCCNC(=O)Nc1ccc2c(c1)OC[C@@H](C)N(Cc1ccccn1)C[C@H](C)[C@H](OC)CN(C)C2=O. The second kappa shape index (κ2) is 13.2. The number of nitrogens with one attached hydrogen (secondary N) is 2. The van der Waals surface area contributed by atoms with Gasteiger partial charge in [0.2, 0.25) is 0 Å². The second-order valence-electron chi connectivity index (χ2n) is 9.44. The van der Waals surface area contributed by atoms with Gasteiger partial charge in [0, 0.05) is 64.3 Å². The smallest absolute Gasteiger partial charge is 0.319 e. The number of anilines is 1. The van der Waals surface area contributed by atoms with Crippen molar-refractivity contribution in [1.82, 2.24) is 20.1 Å². The van der Waals surface area contributed by atoms with Gasteiger partial charge < -0.3 is 25.0 Å². The third-order valence-electron chi connectivity index (χ3n) is 6.46. The van der Waals surface area contributed by atoms with Gasteiger partial charge in [-0.15, -0.1) is 0 Å². The first-order valence-electron chi connectivity index (χ1n) is 12.6. The first-order chi connectivity index (χ1) is 17.3. The molecular formula is C27H39N5O4. The predicted molar refractivity (Wildman–Crippen MR) is 140 cm³/mol. The van der Waals surface area contributed by atoms with Crippen LogP contribution in [0.5, 0.6) is 5.75 Å². The highest BCUT2D eigenvalue weighted by molar-refractivity contribution is 5.98. The Morgan fingerprint density at radius 1 is 1.22 bits per heavy atom. The molecule has 0 unspecified atom stereocenters. The number of aromatic nitrogens is 1. The van der Waals surface area contributed by atoms with Crippen molar-refractivity contribution in [1.29, 1.82) is 0 Å². The fourth-order valence-electron chi connectivity index (χ4n) is 4.26. The molecule has 0 saturated carbocycles. The number of fused-ring (bicyclic) bond motifs is 1. The molecule has 3 rings (SSSR count). The molecule has 36 heavy (non-hydrogen) atoms. The summed E-state index contributed by atoms with van der Waals surface area (Å²) in [5, 5.41) is 5.61. The first-order valence-corrected chi connectivity index (χ1v) is 12.6. The van der Waals surface area contributed by atoms with Crippen molar-refractivity contribution in [3.63, 3.8) is 0 Å². The average Bonchev–Trinajstić information content (AvgIpc) is 2.88. The number of urea groups is 1. The van der Waals surface area contributed by atoms with Crippen molar-refractivity contribution in [3.05, 3.63) is 53.9 Å². The van der Waals surface area contributed by atoms with Gasteiger partial charge in [0.1, 0.15) is 12.4 Å². The Bertz CT molecular complexity index is 1000. The van der Waals surface area contributed by atoms with E-state index < -0.39 is 0 Å². The monoisotopic (exact) mass is 497 g/mol. The van der Waals surface area contributed by atoms with E-state index in [-0.39, 0.29) is 30.0 Å². The molecule has 9 nitrogen and oxygen atoms in total. The maximum atomic E-state index is 13.4. The van der Waals surface area contributed by atoms with E-state index in [1.807, 2.05) is 25.1 Å². The van der Waals surface area contributed by atoms with Crippen LogP contribution in [0.4, 0.5) is 10.5 Å². The number of likely N-dealkylation sites (N-methyl/N-ethyl adjacent to an activating group) is 1. The Morgan fingerprint density at radius 2 is 2.03 bits per heavy atom. The van der Waals surface area contributed by atoms with Crippen molar-refractivity contribution in [2.45, 2.75) is 45.9 Å². The maximum absolute atomic E-state index is 13.4. The van der Waals surface area contributed by atoms with Crippen molar-refractivity contribution in [3.8, 4) is 5.75 Å². The largest absolute Gasteiger partial charge is 0.491 e. The molecule has 1 aliphatic rings. The number of benzene rings is 1. The second-order valence-corrected chi connectivity index (χ2v) is 9.44. The summed E-state index contributed by atoms with van der Waals surface area (Å²) < 4.78 is 12.1. The summed E-state index contributed by atoms with van der Waals surface area (Å²) >= 11 is 0. The van der Waals surface area contributed by atoms with Crippen LogP contribution < -0.4 is 15.4 Å². The molecule has 1 aliphatic heterocycles. The van der Waals surface area contributed by atoms with E-state index in [0.717, 1.165) is 18.7 Å². The van der Waals surface area contributed by atoms with Gasteiger partial charge in [0.15, 0.2) is 0 Å². The number of ether oxygens (including phenoxy) is 2. The van der Waals surface area contributed by atoms with E-state index in [0.29, 0.717) is 43.2 Å². The molecule has 0 fully saturated rings. The van der Waals surface area contributed by atoms with E-state index in [2.05, 4.69) is 34.4 Å². The summed E-state index contributed by atoms with van der Waals surface area (Å²) in [7, 11) is 3.46. The van der Waals surface area contributed by atoms with Crippen LogP contribution in [-0.4, -0.2) is 79.3 Å². The quantitative estimate of drug-likeness (QED) is 0.633. The van der Waals surface area contributed by atoms with E-state index in [1.54, 1.807) is 43.5 Å². The predicted octanol–water partition coefficient (Wildman–Crippen LogP) is 3.62. The minimum absolute atomic E-state index is 0.0385. The molecule has 0 spiro atoms. The lowest BCUT2D eigenvalue weighted by Gasteiger charge is -2.35. The molecule has 3 amide bonds. The Hall–Kier alpha value is -3.17. The zero-order chi connectivity index (χ0) is 26.1. The van der Waals surface area contributed by atoms with Crippen molar-refractivity contribution < 1.29 is 19.1 Å². The van der Waals surface area contributed by atoms with Gasteiger partial charge in [0.05, 0.1) is 17.4 Å². The molecule has 0 saturated heterocycles. The van der Waals surface area contributed by atoms with Gasteiger partial charge in [-0.05, 0) is 43.5 Å². The highest BCUT2D eigenvalue weighted by atomic mass is 16.5. The molecule has 1 aromatic carbocycles. The fourth-order valence-corrected chi connectivity index (χ4v) is 4.26. The molecule has 9 heteroatoms. The zero-order valence-electron chi connectivity index (χ0n) is 22.0. The van der Waals surface area contributed by atoms with Gasteiger partial charge in [0.25, 0.3) is 5.91 Å². The van der Waals surface area contributed by atoms with E-state index in [9.17, 15) is 9.59 Å². The number of pyridine rings is 1.